The van der Waals surface area contributed by atoms with E-state index in [2.05, 4.69) is 104 Å². The molecule has 86 heavy (non-hydrogen) atoms. The second-order valence-corrected chi connectivity index (χ2v) is 25.0. The van der Waals surface area contributed by atoms with Crippen LogP contribution >= 0.6 is 0 Å². The first-order valence-corrected chi connectivity index (χ1v) is 36.5. The van der Waals surface area contributed by atoms with Gasteiger partial charge in [0.05, 0.1) is 25.4 Å². The summed E-state index contributed by atoms with van der Waals surface area (Å²) in [6.45, 7) is 3.68. The van der Waals surface area contributed by atoms with Gasteiger partial charge in [-0.2, -0.15) is 0 Å². The van der Waals surface area contributed by atoms with Gasteiger partial charge in [0, 0.05) is 6.42 Å². The Balaban J connectivity index is 2.08. The number of aliphatic hydroxyl groups excluding tert-OH is 5. The molecule has 7 atom stereocenters. The third-order valence-electron chi connectivity index (χ3n) is 16.9. The van der Waals surface area contributed by atoms with Crippen LogP contribution in [0.2, 0.25) is 0 Å². The van der Waals surface area contributed by atoms with Gasteiger partial charge >= 0.3 is 0 Å². The first-order valence-electron chi connectivity index (χ1n) is 36.5. The highest BCUT2D eigenvalue weighted by molar-refractivity contribution is 5.76. The van der Waals surface area contributed by atoms with Gasteiger partial charge in [0.25, 0.3) is 0 Å². The Bertz CT molecular complexity index is 1680. The molecule has 9 heteroatoms. The number of amides is 1. The monoisotopic (exact) mass is 1200 g/mol. The van der Waals surface area contributed by atoms with Crippen LogP contribution in [0.1, 0.15) is 328 Å². The van der Waals surface area contributed by atoms with Crippen molar-refractivity contribution in [2.24, 2.45) is 0 Å². The molecule has 0 aliphatic carbocycles. The van der Waals surface area contributed by atoms with Gasteiger partial charge in [0.15, 0.2) is 6.29 Å². The molecule has 1 saturated heterocycles. The van der Waals surface area contributed by atoms with Gasteiger partial charge in [-0.1, -0.05) is 336 Å². The van der Waals surface area contributed by atoms with Crippen molar-refractivity contribution in [1.82, 2.24) is 5.32 Å². The molecule has 1 aliphatic heterocycles. The van der Waals surface area contributed by atoms with E-state index in [4.69, 9.17) is 9.47 Å². The van der Waals surface area contributed by atoms with E-state index in [-0.39, 0.29) is 12.5 Å². The van der Waals surface area contributed by atoms with Gasteiger partial charge in [-0.05, 0) is 83.5 Å². The van der Waals surface area contributed by atoms with Crippen molar-refractivity contribution < 1.29 is 39.8 Å². The van der Waals surface area contributed by atoms with Crippen molar-refractivity contribution in [3.05, 3.63) is 97.2 Å². The number of hydrogen-bond donors (Lipinski definition) is 6. The zero-order valence-electron chi connectivity index (χ0n) is 55.8. The lowest BCUT2D eigenvalue weighted by atomic mass is 9.99. The zero-order chi connectivity index (χ0) is 62.1. The molecule has 1 rings (SSSR count). The summed E-state index contributed by atoms with van der Waals surface area (Å²) in [5, 5.41) is 54.7. The predicted octanol–water partition coefficient (Wildman–Crippen LogP) is 20.3. The van der Waals surface area contributed by atoms with Gasteiger partial charge in [0.2, 0.25) is 5.91 Å². The van der Waals surface area contributed by atoms with Gasteiger partial charge in [-0.15, -0.1) is 0 Å². The molecule has 1 fully saturated rings. The molecule has 498 valence electrons. The molecular formula is C77H137NO8. The molecule has 0 saturated carbocycles. The van der Waals surface area contributed by atoms with Gasteiger partial charge in [0.1, 0.15) is 24.4 Å². The molecule has 0 bridgehead atoms. The predicted molar refractivity (Wildman–Crippen MR) is 368 cm³/mol. The lowest BCUT2D eigenvalue weighted by Crippen LogP contribution is -2.60. The Kier molecular flexibility index (Phi) is 61.4. The third-order valence-corrected chi connectivity index (χ3v) is 16.9. The maximum Gasteiger partial charge on any atom is 0.220 e. The van der Waals surface area contributed by atoms with Crippen LogP contribution in [0, 0.1) is 0 Å². The summed E-state index contributed by atoms with van der Waals surface area (Å²) in [5.41, 5.74) is 0. The summed E-state index contributed by atoms with van der Waals surface area (Å²) in [4.78, 5) is 13.1. The van der Waals surface area contributed by atoms with Crippen LogP contribution in [0.5, 0.6) is 0 Å². The maximum atomic E-state index is 13.1. The van der Waals surface area contributed by atoms with Crippen LogP contribution in [-0.4, -0.2) is 87.5 Å². The Morgan fingerprint density at radius 1 is 0.407 bits per heavy atom. The first kappa shape index (κ1) is 81.1. The fourth-order valence-electron chi connectivity index (χ4n) is 11.2. The first-order chi connectivity index (χ1) is 42.3. The summed E-state index contributed by atoms with van der Waals surface area (Å²) in [6, 6.07) is -0.825. The fraction of sp³-hybridized carbons (Fsp3) is 0.779. The normalized spacial score (nSPS) is 18.6. The van der Waals surface area contributed by atoms with E-state index in [0.29, 0.717) is 6.42 Å². The van der Waals surface area contributed by atoms with E-state index in [1.165, 1.54) is 231 Å². The van der Waals surface area contributed by atoms with Gasteiger partial charge < -0.3 is 40.3 Å². The lowest BCUT2D eigenvalue weighted by molar-refractivity contribution is -0.302. The second kappa shape index (κ2) is 65.1. The highest BCUT2D eigenvalue weighted by Crippen LogP contribution is 2.23. The Morgan fingerprint density at radius 3 is 1.12 bits per heavy atom. The highest BCUT2D eigenvalue weighted by Gasteiger charge is 2.44. The van der Waals surface area contributed by atoms with Crippen molar-refractivity contribution in [3.8, 4) is 0 Å². The van der Waals surface area contributed by atoms with Crippen molar-refractivity contribution >= 4 is 5.91 Å². The molecule has 9 nitrogen and oxygen atoms in total. The van der Waals surface area contributed by atoms with Gasteiger partial charge in [-0.3, -0.25) is 4.79 Å². The average molecular weight is 1200 g/mol. The van der Waals surface area contributed by atoms with Crippen LogP contribution in [0.3, 0.4) is 0 Å². The summed E-state index contributed by atoms with van der Waals surface area (Å²) in [5.74, 6) is -0.183. The number of ether oxygens (including phenoxy) is 2. The maximum absolute atomic E-state index is 13.1. The van der Waals surface area contributed by atoms with E-state index < -0.39 is 49.5 Å². The van der Waals surface area contributed by atoms with Crippen molar-refractivity contribution in [3.63, 3.8) is 0 Å². The SMILES string of the molecule is CC/C=C\C/C=C\C/C=C\C/C=C\C/C=C\C/C=C\CCCCCCCCCCCCCCCCCCCCCCCCC(=O)NC(COC1OC(CO)C(O)C(O)C1O)C(O)/C=C/CC/C=C/CCCCCCCCCCCCCCCCCC. The summed E-state index contributed by atoms with van der Waals surface area (Å²) in [7, 11) is 0. The Labute approximate surface area is 530 Å². The summed E-state index contributed by atoms with van der Waals surface area (Å²) in [6.07, 6.45) is 88.2. The summed E-state index contributed by atoms with van der Waals surface area (Å²) < 4.78 is 11.3. The third kappa shape index (κ3) is 53.0. The number of carbonyl (C=O) groups is 1. The number of carbonyl (C=O) groups excluding carboxylic acids is 1. The van der Waals surface area contributed by atoms with E-state index >= 15 is 0 Å². The van der Waals surface area contributed by atoms with Crippen LogP contribution in [-0.2, 0) is 14.3 Å². The molecule has 0 aromatic carbocycles. The number of hydrogen-bond acceptors (Lipinski definition) is 8. The number of rotatable bonds is 63. The quantitative estimate of drug-likeness (QED) is 0.0261. The van der Waals surface area contributed by atoms with Crippen LogP contribution < -0.4 is 5.32 Å². The molecule has 1 heterocycles. The minimum atomic E-state index is -1.57. The van der Waals surface area contributed by atoms with Crippen molar-refractivity contribution in [1.29, 1.82) is 0 Å². The van der Waals surface area contributed by atoms with E-state index in [0.717, 1.165) is 77.0 Å². The summed E-state index contributed by atoms with van der Waals surface area (Å²) >= 11 is 0. The van der Waals surface area contributed by atoms with Crippen LogP contribution in [0.15, 0.2) is 97.2 Å². The topological polar surface area (TPSA) is 149 Å². The van der Waals surface area contributed by atoms with Crippen molar-refractivity contribution in [2.75, 3.05) is 13.2 Å². The zero-order valence-corrected chi connectivity index (χ0v) is 55.8. The molecule has 0 spiro atoms. The molecule has 6 N–H and O–H groups in total. The van der Waals surface area contributed by atoms with Gasteiger partial charge in [-0.25, -0.2) is 0 Å². The fourth-order valence-corrected chi connectivity index (χ4v) is 11.2. The van der Waals surface area contributed by atoms with E-state index in [1.54, 1.807) is 6.08 Å². The van der Waals surface area contributed by atoms with Crippen LogP contribution in [0.25, 0.3) is 0 Å². The highest BCUT2D eigenvalue weighted by atomic mass is 16.7. The molecule has 0 radical (unpaired) electrons. The van der Waals surface area contributed by atoms with Crippen LogP contribution in [0.4, 0.5) is 0 Å². The molecule has 1 aliphatic rings. The number of allylic oxidation sites excluding steroid dienone is 15. The molecule has 7 unspecified atom stereocenters. The van der Waals surface area contributed by atoms with E-state index in [9.17, 15) is 30.3 Å². The second-order valence-electron chi connectivity index (χ2n) is 25.0. The number of unbranched alkanes of at least 4 members (excludes halogenated alkanes) is 39. The Morgan fingerprint density at radius 2 is 0.733 bits per heavy atom. The number of nitrogens with one attached hydrogen (secondary N) is 1. The molecule has 0 aromatic heterocycles. The number of aliphatic hydroxyl groups is 5. The van der Waals surface area contributed by atoms with E-state index in [1.807, 2.05) is 6.08 Å². The largest absolute Gasteiger partial charge is 0.394 e. The average Bonchev–Trinajstić information content (AvgIpc) is 2.36. The minimum Gasteiger partial charge on any atom is -0.394 e. The standard InChI is InChI=1S/C77H137NO8/c1-3-5-7-9-11-13-15-17-19-21-23-25-27-28-29-30-31-32-33-34-35-36-37-38-39-40-41-42-43-44-45-47-49-51-53-55-57-59-61-63-65-67-73(81)78-70(69-85-77-76(84)75(83)74(82)72(68-79)86-77)71(80)66-64-62-60-58-56-54-52-50-48-46-26-24-22-20-18-16-14-12-10-8-6-4-2/h5,7,11,13,17,19,23,25,28-29,31-32,56,58,64,66,70-72,74-77,79-80,82-84H,3-4,6,8-10,12,14-16,18,20-22,24,26-27,30,33-55,57,59-63,65,67-69H2,1-2H3,(H,78,81)/b7-5-,13-11-,19-17-,25-23-,29-28-,32-31-,58-56+,66-64+. The lowest BCUT2D eigenvalue weighted by Gasteiger charge is -2.40. The molecular weight excluding hydrogens is 1070 g/mol. The minimum absolute atomic E-state index is 0.183. The smallest absolute Gasteiger partial charge is 0.220 e. The van der Waals surface area contributed by atoms with Crippen molar-refractivity contribution in [2.45, 2.75) is 371 Å². The molecule has 1 amide bonds. The molecule has 0 aromatic rings. The Hall–Kier alpha value is -2.89.